The van der Waals surface area contributed by atoms with Gasteiger partial charge in [-0.05, 0) is 13.0 Å². The first-order chi connectivity index (χ1) is 8.31. The predicted molar refractivity (Wildman–Crippen MR) is 66.4 cm³/mol. The van der Waals surface area contributed by atoms with Crippen LogP contribution < -0.4 is 5.73 Å². The number of rotatable bonds is 5. The van der Waals surface area contributed by atoms with Crippen molar-refractivity contribution < 1.29 is 4.52 Å². The lowest BCUT2D eigenvalue weighted by Crippen LogP contribution is -2.45. The van der Waals surface area contributed by atoms with Gasteiger partial charge in [-0.3, -0.25) is 4.90 Å². The van der Waals surface area contributed by atoms with Gasteiger partial charge in [0.05, 0.1) is 12.2 Å². The predicted octanol–water partition coefficient (Wildman–Crippen LogP) is 0.661. The molecule has 2 N–H and O–H groups in total. The molecule has 17 heavy (non-hydrogen) atoms. The summed E-state index contributed by atoms with van der Waals surface area (Å²) in [6.07, 6.45) is 1.24. The Kier molecular flexibility index (Phi) is 4.53. The topological polar surface area (TPSA) is 58.5 Å². The van der Waals surface area contributed by atoms with Crippen molar-refractivity contribution in [2.45, 2.75) is 26.4 Å². The Labute approximate surface area is 103 Å². The molecule has 0 radical (unpaired) electrons. The summed E-state index contributed by atoms with van der Waals surface area (Å²) < 4.78 is 5.25. The van der Waals surface area contributed by atoms with Gasteiger partial charge in [-0.25, -0.2) is 0 Å². The molecule has 0 saturated carbocycles. The first-order valence-electron chi connectivity index (χ1n) is 6.41. The second-order valence-corrected chi connectivity index (χ2v) is 4.61. The van der Waals surface area contributed by atoms with Crippen LogP contribution in [0.3, 0.4) is 0 Å². The van der Waals surface area contributed by atoms with Gasteiger partial charge in [-0.1, -0.05) is 12.1 Å². The summed E-state index contributed by atoms with van der Waals surface area (Å²) in [5.74, 6) is 0.925. The molecule has 0 unspecified atom stereocenters. The number of aromatic nitrogens is 1. The molecule has 0 amide bonds. The molecule has 1 fully saturated rings. The van der Waals surface area contributed by atoms with Gasteiger partial charge in [0.25, 0.3) is 0 Å². The summed E-state index contributed by atoms with van der Waals surface area (Å²) in [7, 11) is 0. The van der Waals surface area contributed by atoms with E-state index in [1.165, 1.54) is 13.0 Å². The largest absolute Gasteiger partial charge is 0.360 e. The van der Waals surface area contributed by atoms with E-state index in [-0.39, 0.29) is 0 Å². The van der Waals surface area contributed by atoms with Crippen LogP contribution in [-0.2, 0) is 13.1 Å². The van der Waals surface area contributed by atoms with E-state index in [9.17, 15) is 0 Å². The molecule has 2 rings (SSSR count). The zero-order valence-corrected chi connectivity index (χ0v) is 10.6. The van der Waals surface area contributed by atoms with Crippen molar-refractivity contribution in [1.82, 2.24) is 15.0 Å². The summed E-state index contributed by atoms with van der Waals surface area (Å²) in [5, 5.41) is 3.91. The van der Waals surface area contributed by atoms with Crippen molar-refractivity contribution in [3.63, 3.8) is 0 Å². The number of hydrogen-bond donors (Lipinski definition) is 1. The van der Waals surface area contributed by atoms with Crippen molar-refractivity contribution in [2.24, 2.45) is 5.73 Å². The van der Waals surface area contributed by atoms with E-state index in [1.54, 1.807) is 0 Å². The van der Waals surface area contributed by atoms with Crippen LogP contribution in [0.15, 0.2) is 10.6 Å². The van der Waals surface area contributed by atoms with Crippen LogP contribution in [0.5, 0.6) is 0 Å². The summed E-state index contributed by atoms with van der Waals surface area (Å²) in [5.41, 5.74) is 6.34. The Morgan fingerprint density at radius 1 is 1.29 bits per heavy atom. The third-order valence-corrected chi connectivity index (χ3v) is 3.20. The average Bonchev–Trinajstić information content (AvgIpc) is 2.80. The normalized spacial score (nSPS) is 18.7. The number of nitrogens with zero attached hydrogens (tertiary/aromatic N) is 3. The van der Waals surface area contributed by atoms with Crippen LogP contribution in [0.25, 0.3) is 0 Å². The van der Waals surface area contributed by atoms with Crippen LogP contribution in [0.4, 0.5) is 0 Å². The summed E-state index contributed by atoms with van der Waals surface area (Å²) in [6, 6.07) is 1.96. The minimum atomic E-state index is 0.452. The van der Waals surface area contributed by atoms with Gasteiger partial charge in [0.2, 0.25) is 0 Å². The minimum absolute atomic E-state index is 0.452. The fraction of sp³-hybridized carbons (Fsp3) is 0.750. The second kappa shape index (κ2) is 6.14. The second-order valence-electron chi connectivity index (χ2n) is 4.61. The van der Waals surface area contributed by atoms with E-state index in [0.717, 1.165) is 44.2 Å². The molecule has 0 aliphatic carbocycles. The Bertz CT molecular complexity index is 331. The van der Waals surface area contributed by atoms with Gasteiger partial charge in [-0.15, -0.1) is 0 Å². The quantitative estimate of drug-likeness (QED) is 0.816. The van der Waals surface area contributed by atoms with E-state index in [2.05, 4.69) is 21.9 Å². The SMILES string of the molecule is CCCN1CCN(Cc2cc(CN)no2)CC1. The van der Waals surface area contributed by atoms with Gasteiger partial charge in [0.15, 0.2) is 5.76 Å². The lowest BCUT2D eigenvalue weighted by molar-refractivity contribution is 0.118. The molecule has 5 heteroatoms. The number of hydrogen-bond acceptors (Lipinski definition) is 5. The Morgan fingerprint density at radius 3 is 2.59 bits per heavy atom. The Morgan fingerprint density at radius 2 is 2.00 bits per heavy atom. The van der Waals surface area contributed by atoms with E-state index in [4.69, 9.17) is 10.3 Å². The van der Waals surface area contributed by atoms with Crippen molar-refractivity contribution >= 4 is 0 Å². The molecular formula is C12H22N4O. The maximum atomic E-state index is 5.51. The Hall–Kier alpha value is -0.910. The molecule has 5 nitrogen and oxygen atoms in total. The summed E-state index contributed by atoms with van der Waals surface area (Å²) in [4.78, 5) is 4.93. The fourth-order valence-electron chi connectivity index (χ4n) is 2.23. The molecule has 2 heterocycles. The molecule has 1 aliphatic heterocycles. The summed E-state index contributed by atoms with van der Waals surface area (Å²) >= 11 is 0. The maximum absolute atomic E-state index is 5.51. The smallest absolute Gasteiger partial charge is 0.151 e. The minimum Gasteiger partial charge on any atom is -0.360 e. The van der Waals surface area contributed by atoms with Crippen LogP contribution in [0, 0.1) is 0 Å². The molecule has 0 bridgehead atoms. The molecule has 0 aromatic carbocycles. The van der Waals surface area contributed by atoms with Crippen LogP contribution >= 0.6 is 0 Å². The molecule has 1 aromatic heterocycles. The highest BCUT2D eigenvalue weighted by Gasteiger charge is 2.17. The van der Waals surface area contributed by atoms with Crippen molar-refractivity contribution in [3.05, 3.63) is 17.5 Å². The van der Waals surface area contributed by atoms with E-state index in [0.29, 0.717) is 6.54 Å². The van der Waals surface area contributed by atoms with Crippen LogP contribution in [-0.4, -0.2) is 47.7 Å². The fourth-order valence-corrected chi connectivity index (χ4v) is 2.23. The first-order valence-corrected chi connectivity index (χ1v) is 6.41. The van der Waals surface area contributed by atoms with Gasteiger partial charge in [0.1, 0.15) is 0 Å². The van der Waals surface area contributed by atoms with Gasteiger partial charge in [-0.2, -0.15) is 0 Å². The van der Waals surface area contributed by atoms with Gasteiger partial charge in [0, 0.05) is 38.8 Å². The molecule has 0 spiro atoms. The van der Waals surface area contributed by atoms with Crippen LogP contribution in [0.1, 0.15) is 24.8 Å². The van der Waals surface area contributed by atoms with Gasteiger partial charge < -0.3 is 15.2 Å². The van der Waals surface area contributed by atoms with Crippen molar-refractivity contribution in [3.8, 4) is 0 Å². The van der Waals surface area contributed by atoms with E-state index >= 15 is 0 Å². The van der Waals surface area contributed by atoms with Crippen molar-refractivity contribution in [1.29, 1.82) is 0 Å². The van der Waals surface area contributed by atoms with Crippen LogP contribution in [0.2, 0.25) is 0 Å². The van der Waals surface area contributed by atoms with Gasteiger partial charge >= 0.3 is 0 Å². The molecule has 1 saturated heterocycles. The lowest BCUT2D eigenvalue weighted by atomic mass is 10.2. The Balaban J connectivity index is 1.77. The van der Waals surface area contributed by atoms with E-state index < -0.39 is 0 Å². The molecular weight excluding hydrogens is 216 g/mol. The monoisotopic (exact) mass is 238 g/mol. The number of piperazine rings is 1. The highest BCUT2D eigenvalue weighted by molar-refractivity contribution is 5.04. The number of nitrogens with two attached hydrogens (primary N) is 1. The third kappa shape index (κ3) is 3.52. The molecule has 96 valence electrons. The average molecular weight is 238 g/mol. The molecule has 1 aromatic rings. The first kappa shape index (κ1) is 12.5. The maximum Gasteiger partial charge on any atom is 0.151 e. The van der Waals surface area contributed by atoms with E-state index in [1.807, 2.05) is 6.07 Å². The summed E-state index contributed by atoms with van der Waals surface area (Å²) in [6.45, 7) is 9.29. The highest BCUT2D eigenvalue weighted by atomic mass is 16.5. The zero-order chi connectivity index (χ0) is 12.1. The lowest BCUT2D eigenvalue weighted by Gasteiger charge is -2.33. The zero-order valence-electron chi connectivity index (χ0n) is 10.6. The standard InChI is InChI=1S/C12H22N4O/c1-2-3-15-4-6-16(7-5-15)10-12-8-11(9-13)14-17-12/h8H,2-7,9-10,13H2,1H3. The molecule has 1 aliphatic rings. The van der Waals surface area contributed by atoms with Crippen molar-refractivity contribution in [2.75, 3.05) is 32.7 Å². The molecule has 0 atom stereocenters. The highest BCUT2D eigenvalue weighted by Crippen LogP contribution is 2.10. The third-order valence-electron chi connectivity index (χ3n) is 3.20.